The average Bonchev–Trinajstić information content (AvgIpc) is 3.23. The Kier molecular flexibility index (Phi) is 5.85. The molecular formula is C24H21ClN4O4S. The number of hydrogen-bond donors (Lipinski definition) is 1. The third kappa shape index (κ3) is 3.85. The summed E-state index contributed by atoms with van der Waals surface area (Å²) < 4.78 is 29.8. The topological polar surface area (TPSA) is 105 Å². The molecule has 5 rings (SSSR count). The first kappa shape index (κ1) is 22.5. The number of aromatic nitrogens is 3. The molecule has 1 fully saturated rings. The Morgan fingerprint density at radius 1 is 1.06 bits per heavy atom. The van der Waals surface area contributed by atoms with E-state index in [-0.39, 0.29) is 27.3 Å². The Labute approximate surface area is 201 Å². The normalized spacial score (nSPS) is 15.6. The molecule has 1 saturated heterocycles. The molecule has 0 amide bonds. The van der Waals surface area contributed by atoms with Crippen molar-refractivity contribution in [1.29, 1.82) is 0 Å². The summed E-state index contributed by atoms with van der Waals surface area (Å²) in [5.41, 5.74) is 2.25. The van der Waals surface area contributed by atoms with E-state index < -0.39 is 10.0 Å². The molecule has 3 heterocycles. The zero-order valence-corrected chi connectivity index (χ0v) is 19.6. The van der Waals surface area contributed by atoms with Crippen LogP contribution in [0.4, 0.5) is 0 Å². The van der Waals surface area contributed by atoms with Crippen LogP contribution in [0, 0.1) is 0 Å². The zero-order valence-electron chi connectivity index (χ0n) is 18.0. The lowest BCUT2D eigenvalue weighted by atomic mass is 10.1. The molecule has 1 aliphatic heterocycles. The number of pyridine rings is 1. The average molecular weight is 497 g/mol. The minimum Gasteiger partial charge on any atom is -0.507 e. The van der Waals surface area contributed by atoms with Gasteiger partial charge in [-0.2, -0.15) is 4.31 Å². The van der Waals surface area contributed by atoms with Crippen LogP contribution in [0.2, 0.25) is 5.02 Å². The zero-order chi connectivity index (χ0) is 23.9. The van der Waals surface area contributed by atoms with E-state index in [4.69, 9.17) is 16.6 Å². The van der Waals surface area contributed by atoms with E-state index in [1.807, 2.05) is 22.8 Å². The number of phenolic OH excluding ortho intramolecular Hbond substituents is 1. The van der Waals surface area contributed by atoms with Crippen molar-refractivity contribution in [2.45, 2.75) is 23.8 Å². The van der Waals surface area contributed by atoms with Gasteiger partial charge < -0.3 is 9.67 Å². The van der Waals surface area contributed by atoms with Gasteiger partial charge in [0.1, 0.15) is 17.1 Å². The van der Waals surface area contributed by atoms with Gasteiger partial charge >= 0.3 is 0 Å². The number of benzene rings is 2. The number of carbonyl (C=O) groups excluding carboxylic acids is 1. The second-order valence-electron chi connectivity index (χ2n) is 8.11. The Morgan fingerprint density at radius 2 is 1.82 bits per heavy atom. The highest BCUT2D eigenvalue weighted by atomic mass is 35.5. The van der Waals surface area contributed by atoms with Crippen molar-refractivity contribution in [3.05, 3.63) is 71.4 Å². The molecule has 4 aromatic rings. The quantitative estimate of drug-likeness (QED) is 0.413. The minimum absolute atomic E-state index is 0.0537. The number of phenols is 1. The van der Waals surface area contributed by atoms with Crippen LogP contribution in [0.25, 0.3) is 22.6 Å². The van der Waals surface area contributed by atoms with Crippen LogP contribution in [0.5, 0.6) is 5.75 Å². The first-order valence-corrected chi connectivity index (χ1v) is 12.6. The monoisotopic (exact) mass is 496 g/mol. The molecule has 0 unspecified atom stereocenters. The van der Waals surface area contributed by atoms with Gasteiger partial charge in [0.25, 0.3) is 0 Å². The molecule has 1 aliphatic rings. The molecule has 0 radical (unpaired) electrons. The van der Waals surface area contributed by atoms with E-state index in [0.717, 1.165) is 0 Å². The van der Waals surface area contributed by atoms with Crippen molar-refractivity contribution in [2.24, 2.45) is 0 Å². The molecule has 174 valence electrons. The highest BCUT2D eigenvalue weighted by molar-refractivity contribution is 7.89. The molecule has 0 atom stereocenters. The standard InChI is InChI=1S/C24H21ClN4O4S/c25-20-14-18(8-7-16(20)15-30)34(32,33)28-12-9-17(10-13-28)29-23(19-4-1-2-6-22(19)31)27-21-5-3-11-26-24(21)29/h1-8,11,14-15,17,31H,9-10,12-13H2. The highest BCUT2D eigenvalue weighted by Crippen LogP contribution is 2.36. The number of sulfonamides is 1. The van der Waals surface area contributed by atoms with Crippen molar-refractivity contribution in [2.75, 3.05) is 13.1 Å². The molecule has 2 aromatic heterocycles. The number of piperidine rings is 1. The molecule has 0 saturated carbocycles. The summed E-state index contributed by atoms with van der Waals surface area (Å²) in [5, 5.41) is 10.6. The van der Waals surface area contributed by atoms with Crippen LogP contribution in [0.15, 0.2) is 65.7 Å². The Hall–Kier alpha value is -3.27. The van der Waals surface area contributed by atoms with Crippen LogP contribution < -0.4 is 0 Å². The van der Waals surface area contributed by atoms with E-state index in [1.54, 1.807) is 24.4 Å². The van der Waals surface area contributed by atoms with Gasteiger partial charge in [-0.25, -0.2) is 18.4 Å². The van der Waals surface area contributed by atoms with Gasteiger partial charge in [-0.3, -0.25) is 4.79 Å². The minimum atomic E-state index is -3.76. The molecule has 0 bridgehead atoms. The van der Waals surface area contributed by atoms with E-state index >= 15 is 0 Å². The van der Waals surface area contributed by atoms with Crippen LogP contribution >= 0.6 is 11.6 Å². The fourth-order valence-corrected chi connectivity index (χ4v) is 6.17. The van der Waals surface area contributed by atoms with E-state index in [0.29, 0.717) is 54.8 Å². The van der Waals surface area contributed by atoms with Crippen molar-refractivity contribution in [1.82, 2.24) is 18.8 Å². The van der Waals surface area contributed by atoms with E-state index in [2.05, 4.69) is 4.98 Å². The summed E-state index contributed by atoms with van der Waals surface area (Å²) in [5.74, 6) is 0.721. The lowest BCUT2D eigenvalue weighted by Gasteiger charge is -2.32. The summed E-state index contributed by atoms with van der Waals surface area (Å²) >= 11 is 6.06. The lowest BCUT2D eigenvalue weighted by molar-refractivity contribution is 0.112. The van der Waals surface area contributed by atoms with Gasteiger partial charge in [-0.1, -0.05) is 23.7 Å². The van der Waals surface area contributed by atoms with Gasteiger partial charge in [-0.15, -0.1) is 0 Å². The predicted octanol–water partition coefficient (Wildman–Crippen LogP) is 4.30. The fourth-order valence-electron chi connectivity index (χ4n) is 4.38. The molecule has 0 aliphatic carbocycles. The summed E-state index contributed by atoms with van der Waals surface area (Å²) in [6, 6.07) is 14.8. The number of imidazole rings is 1. The second-order valence-corrected chi connectivity index (χ2v) is 10.5. The third-order valence-electron chi connectivity index (χ3n) is 6.12. The molecule has 0 spiro atoms. The molecule has 8 nitrogen and oxygen atoms in total. The number of rotatable bonds is 5. The highest BCUT2D eigenvalue weighted by Gasteiger charge is 2.32. The molecule has 2 aromatic carbocycles. The second kappa shape index (κ2) is 8.83. The Morgan fingerprint density at radius 3 is 2.53 bits per heavy atom. The van der Waals surface area contributed by atoms with E-state index in [9.17, 15) is 18.3 Å². The lowest BCUT2D eigenvalue weighted by Crippen LogP contribution is -2.39. The van der Waals surface area contributed by atoms with Gasteiger partial charge in [0.2, 0.25) is 10.0 Å². The molecule has 34 heavy (non-hydrogen) atoms. The summed E-state index contributed by atoms with van der Waals surface area (Å²) in [6.45, 7) is 0.597. The molecule has 10 heteroatoms. The number of para-hydroxylation sites is 1. The first-order valence-electron chi connectivity index (χ1n) is 10.8. The van der Waals surface area contributed by atoms with Crippen molar-refractivity contribution < 1.29 is 18.3 Å². The number of hydrogen-bond acceptors (Lipinski definition) is 6. The smallest absolute Gasteiger partial charge is 0.243 e. The van der Waals surface area contributed by atoms with Crippen LogP contribution in [-0.4, -0.2) is 51.7 Å². The number of halogens is 1. The fraction of sp³-hybridized carbons (Fsp3) is 0.208. The summed E-state index contributed by atoms with van der Waals surface area (Å²) in [7, 11) is -3.76. The number of nitrogens with zero attached hydrogens (tertiary/aromatic N) is 4. The maximum absolute atomic E-state index is 13.2. The van der Waals surface area contributed by atoms with Gasteiger partial charge in [-0.05, 0) is 55.3 Å². The first-order chi connectivity index (χ1) is 16.4. The maximum Gasteiger partial charge on any atom is 0.243 e. The van der Waals surface area contributed by atoms with Gasteiger partial charge in [0, 0.05) is 30.9 Å². The number of aldehydes is 1. The van der Waals surface area contributed by atoms with Gasteiger partial charge in [0.15, 0.2) is 11.9 Å². The Balaban J connectivity index is 1.46. The van der Waals surface area contributed by atoms with Crippen molar-refractivity contribution in [3.63, 3.8) is 0 Å². The SMILES string of the molecule is O=Cc1ccc(S(=O)(=O)N2CCC(n3c(-c4ccccc4O)nc4cccnc43)CC2)cc1Cl. The van der Waals surface area contributed by atoms with Gasteiger partial charge in [0.05, 0.1) is 15.5 Å². The van der Waals surface area contributed by atoms with Crippen molar-refractivity contribution in [3.8, 4) is 17.1 Å². The maximum atomic E-state index is 13.2. The van der Waals surface area contributed by atoms with Crippen LogP contribution in [-0.2, 0) is 10.0 Å². The van der Waals surface area contributed by atoms with Crippen molar-refractivity contribution >= 4 is 39.1 Å². The number of fused-ring (bicyclic) bond motifs is 1. The van der Waals surface area contributed by atoms with Crippen LogP contribution in [0.3, 0.4) is 0 Å². The summed E-state index contributed by atoms with van der Waals surface area (Å²) in [4.78, 5) is 20.3. The van der Waals surface area contributed by atoms with Crippen LogP contribution in [0.1, 0.15) is 29.2 Å². The largest absolute Gasteiger partial charge is 0.507 e. The molecular weight excluding hydrogens is 476 g/mol. The van der Waals surface area contributed by atoms with E-state index in [1.165, 1.54) is 22.5 Å². The third-order valence-corrected chi connectivity index (χ3v) is 8.34. The number of aromatic hydroxyl groups is 1. The Bertz CT molecular complexity index is 1490. The summed E-state index contributed by atoms with van der Waals surface area (Å²) in [6.07, 6.45) is 3.38. The molecule has 1 N–H and O–H groups in total. The predicted molar refractivity (Wildman–Crippen MR) is 128 cm³/mol. The number of carbonyl (C=O) groups is 1.